The smallest absolute Gasteiger partial charge is 0.293 e. The first-order valence-electron chi connectivity index (χ1n) is 10.3. The van der Waals surface area contributed by atoms with Gasteiger partial charge in [0.1, 0.15) is 5.69 Å². The summed E-state index contributed by atoms with van der Waals surface area (Å²) in [7, 11) is 1.55. The van der Waals surface area contributed by atoms with E-state index in [9.17, 15) is 19.7 Å². The number of carbonyl (C=O) groups is 2. The average molecular weight is 435 g/mol. The van der Waals surface area contributed by atoms with Crippen LogP contribution in [0.15, 0.2) is 54.7 Å². The zero-order valence-electron chi connectivity index (χ0n) is 17.9. The number of hydrogen-bond acceptors (Lipinski definition) is 6. The van der Waals surface area contributed by atoms with Gasteiger partial charge < -0.3 is 16.0 Å². The average Bonchev–Trinajstić information content (AvgIpc) is 2.80. The summed E-state index contributed by atoms with van der Waals surface area (Å²) in [6.45, 7) is 2.16. The van der Waals surface area contributed by atoms with Gasteiger partial charge in [-0.25, -0.2) is 0 Å². The zero-order valence-corrected chi connectivity index (χ0v) is 17.9. The van der Waals surface area contributed by atoms with E-state index in [0.717, 1.165) is 16.5 Å². The Morgan fingerprint density at radius 1 is 1.16 bits per heavy atom. The predicted octanol–water partition coefficient (Wildman–Crippen LogP) is 3.57. The van der Waals surface area contributed by atoms with Crippen molar-refractivity contribution in [1.82, 2.24) is 15.6 Å². The molecule has 9 heteroatoms. The SMILES string of the molecule is CNC(=O)CCCNc1c(C(=O)N[C@@H](C)c2ccc3ncccc3c2)cccc1[N+](=O)[O-]. The number of anilines is 1. The maximum atomic E-state index is 13.0. The van der Waals surface area contributed by atoms with Gasteiger partial charge in [-0.3, -0.25) is 24.7 Å². The van der Waals surface area contributed by atoms with Gasteiger partial charge in [0.05, 0.1) is 22.0 Å². The lowest BCUT2D eigenvalue weighted by molar-refractivity contribution is -0.384. The third-order valence-electron chi connectivity index (χ3n) is 5.12. The summed E-state index contributed by atoms with van der Waals surface area (Å²) in [4.78, 5) is 39.7. The molecule has 0 aliphatic heterocycles. The second-order valence-electron chi connectivity index (χ2n) is 7.31. The molecule has 9 nitrogen and oxygen atoms in total. The number of para-hydroxylation sites is 1. The number of aromatic nitrogens is 1. The van der Waals surface area contributed by atoms with E-state index < -0.39 is 10.8 Å². The Morgan fingerprint density at radius 3 is 2.72 bits per heavy atom. The lowest BCUT2D eigenvalue weighted by Crippen LogP contribution is -2.28. The van der Waals surface area contributed by atoms with Crippen LogP contribution in [0, 0.1) is 10.1 Å². The molecular formula is C23H25N5O4. The highest BCUT2D eigenvalue weighted by atomic mass is 16.6. The van der Waals surface area contributed by atoms with Gasteiger partial charge in [-0.15, -0.1) is 0 Å². The molecule has 0 aliphatic carbocycles. The number of nitrogens with zero attached hydrogens (tertiary/aromatic N) is 2. The molecule has 0 bridgehead atoms. The van der Waals surface area contributed by atoms with Crippen LogP contribution in [-0.4, -0.2) is 35.3 Å². The third kappa shape index (κ3) is 5.37. The summed E-state index contributed by atoms with van der Waals surface area (Å²) in [6, 6.07) is 13.6. The van der Waals surface area contributed by atoms with Crippen LogP contribution in [0.25, 0.3) is 10.9 Å². The molecule has 1 aromatic heterocycles. The summed E-state index contributed by atoms with van der Waals surface area (Å²) in [5, 5.41) is 20.9. The topological polar surface area (TPSA) is 126 Å². The highest BCUT2D eigenvalue weighted by molar-refractivity contribution is 6.02. The van der Waals surface area contributed by atoms with E-state index in [0.29, 0.717) is 13.0 Å². The van der Waals surface area contributed by atoms with Gasteiger partial charge in [-0.2, -0.15) is 0 Å². The van der Waals surface area contributed by atoms with Crippen LogP contribution < -0.4 is 16.0 Å². The number of nitrogens with one attached hydrogen (secondary N) is 3. The second kappa shape index (κ2) is 10.3. The molecule has 0 saturated carbocycles. The van der Waals surface area contributed by atoms with Crippen molar-refractivity contribution in [3.05, 3.63) is 76.0 Å². The standard InChI is InChI=1S/C23H25N5O4/c1-15(16-10-11-19-17(14-16)6-4-12-25-19)27-23(30)18-7-3-8-20(28(31)32)22(18)26-13-5-9-21(29)24-2/h3-4,6-8,10-12,14-15,26H,5,9,13H2,1-2H3,(H,24,29)(H,27,30)/t15-/m0/s1. The first-order chi connectivity index (χ1) is 15.4. The minimum atomic E-state index is -0.530. The lowest BCUT2D eigenvalue weighted by Gasteiger charge is -2.17. The Kier molecular flexibility index (Phi) is 7.33. The number of pyridine rings is 1. The van der Waals surface area contributed by atoms with E-state index in [1.54, 1.807) is 19.3 Å². The van der Waals surface area contributed by atoms with E-state index in [1.165, 1.54) is 12.1 Å². The number of fused-ring (bicyclic) bond motifs is 1. The molecule has 0 spiro atoms. The van der Waals surface area contributed by atoms with Crippen molar-refractivity contribution in [1.29, 1.82) is 0 Å². The van der Waals surface area contributed by atoms with Crippen LogP contribution in [-0.2, 0) is 4.79 Å². The molecule has 2 amide bonds. The molecule has 0 unspecified atom stereocenters. The Morgan fingerprint density at radius 2 is 1.97 bits per heavy atom. The molecule has 32 heavy (non-hydrogen) atoms. The highest BCUT2D eigenvalue weighted by Gasteiger charge is 2.22. The molecule has 0 saturated heterocycles. The monoisotopic (exact) mass is 435 g/mol. The van der Waals surface area contributed by atoms with E-state index >= 15 is 0 Å². The van der Waals surface area contributed by atoms with Crippen molar-refractivity contribution in [3.8, 4) is 0 Å². The molecule has 166 valence electrons. The van der Waals surface area contributed by atoms with Crippen molar-refractivity contribution in [3.63, 3.8) is 0 Å². The highest BCUT2D eigenvalue weighted by Crippen LogP contribution is 2.29. The van der Waals surface area contributed by atoms with Gasteiger partial charge in [-0.1, -0.05) is 18.2 Å². The van der Waals surface area contributed by atoms with Crippen molar-refractivity contribution in [2.24, 2.45) is 0 Å². The molecule has 1 heterocycles. The molecule has 3 aromatic rings. The summed E-state index contributed by atoms with van der Waals surface area (Å²) < 4.78 is 0. The Labute approximate surface area is 185 Å². The number of benzene rings is 2. The fourth-order valence-corrected chi connectivity index (χ4v) is 3.38. The fourth-order valence-electron chi connectivity index (χ4n) is 3.38. The minimum absolute atomic E-state index is 0.119. The number of amides is 2. The molecule has 0 aliphatic rings. The van der Waals surface area contributed by atoms with Crippen molar-refractivity contribution in [2.75, 3.05) is 18.9 Å². The van der Waals surface area contributed by atoms with Crippen LogP contribution in [0.1, 0.15) is 41.7 Å². The van der Waals surface area contributed by atoms with Gasteiger partial charge in [0.2, 0.25) is 5.91 Å². The van der Waals surface area contributed by atoms with Gasteiger partial charge in [0, 0.05) is 37.7 Å². The normalized spacial score (nSPS) is 11.6. The van der Waals surface area contributed by atoms with E-state index in [4.69, 9.17) is 0 Å². The van der Waals surface area contributed by atoms with Crippen molar-refractivity contribution < 1.29 is 14.5 Å². The number of nitro groups is 1. The summed E-state index contributed by atoms with van der Waals surface area (Å²) >= 11 is 0. The van der Waals surface area contributed by atoms with Crippen molar-refractivity contribution in [2.45, 2.75) is 25.8 Å². The van der Waals surface area contributed by atoms with Crippen LogP contribution >= 0.6 is 0 Å². The maximum Gasteiger partial charge on any atom is 0.293 e. The molecule has 2 aromatic carbocycles. The molecule has 0 radical (unpaired) electrons. The number of carbonyl (C=O) groups excluding carboxylic acids is 2. The largest absolute Gasteiger partial charge is 0.379 e. The Balaban J connectivity index is 1.78. The predicted molar refractivity (Wildman–Crippen MR) is 123 cm³/mol. The minimum Gasteiger partial charge on any atom is -0.379 e. The summed E-state index contributed by atoms with van der Waals surface area (Å²) in [5.74, 6) is -0.548. The number of hydrogen-bond donors (Lipinski definition) is 3. The third-order valence-corrected chi connectivity index (χ3v) is 5.12. The lowest BCUT2D eigenvalue weighted by atomic mass is 10.0. The Hall–Kier alpha value is -4.01. The van der Waals surface area contributed by atoms with Crippen LogP contribution in [0.2, 0.25) is 0 Å². The molecule has 1 atom stereocenters. The van der Waals surface area contributed by atoms with Gasteiger partial charge >= 0.3 is 0 Å². The quantitative estimate of drug-likeness (QED) is 0.268. The van der Waals surface area contributed by atoms with Crippen molar-refractivity contribution >= 4 is 34.1 Å². The fraction of sp³-hybridized carbons (Fsp3) is 0.261. The first-order valence-corrected chi connectivity index (χ1v) is 10.3. The van der Waals surface area contributed by atoms with Crippen LogP contribution in [0.3, 0.4) is 0 Å². The zero-order chi connectivity index (χ0) is 23.1. The van der Waals surface area contributed by atoms with Crippen LogP contribution in [0.5, 0.6) is 0 Å². The second-order valence-corrected chi connectivity index (χ2v) is 7.31. The van der Waals surface area contributed by atoms with Crippen LogP contribution in [0.4, 0.5) is 11.4 Å². The molecule has 0 fully saturated rings. The number of nitro benzene ring substituents is 1. The molecule has 3 rings (SSSR count). The van der Waals surface area contributed by atoms with E-state index in [-0.39, 0.29) is 35.3 Å². The number of rotatable bonds is 9. The van der Waals surface area contributed by atoms with Gasteiger partial charge in [0.25, 0.3) is 11.6 Å². The van der Waals surface area contributed by atoms with Gasteiger partial charge in [-0.05, 0) is 43.2 Å². The summed E-state index contributed by atoms with van der Waals surface area (Å²) in [5.41, 5.74) is 1.87. The maximum absolute atomic E-state index is 13.0. The first kappa shape index (κ1) is 22.7. The Bertz CT molecular complexity index is 1150. The van der Waals surface area contributed by atoms with E-state index in [1.807, 2.05) is 37.3 Å². The summed E-state index contributed by atoms with van der Waals surface area (Å²) in [6.07, 6.45) is 2.46. The van der Waals surface area contributed by atoms with Gasteiger partial charge in [0.15, 0.2) is 0 Å². The molecule has 3 N–H and O–H groups in total. The van der Waals surface area contributed by atoms with E-state index in [2.05, 4.69) is 20.9 Å². The molecular weight excluding hydrogens is 410 g/mol.